The standard InChI is InChI=1S/C30H49NO12/c1-30(2,3)43-29(34)31(4)10-11-35-12-13-36-14-15-37-16-17-38-18-19-39-20-21-40-22-23-41-24-25-42-28(33)27(32)26-8-6-5-7-9-26/h5-9H,10-25H2,1-4H3. The summed E-state index contributed by atoms with van der Waals surface area (Å²) >= 11 is 0. The smallest absolute Gasteiger partial charge is 0.410 e. The number of esters is 1. The molecule has 0 atom stereocenters. The van der Waals surface area contributed by atoms with E-state index in [1.165, 1.54) is 4.90 Å². The fraction of sp³-hybridized carbons (Fsp3) is 0.700. The molecule has 0 saturated carbocycles. The quantitative estimate of drug-likeness (QED) is 0.0655. The molecule has 0 bridgehead atoms. The van der Waals surface area contributed by atoms with Gasteiger partial charge in [0.2, 0.25) is 0 Å². The topological polar surface area (TPSA) is 138 Å². The zero-order valence-electron chi connectivity index (χ0n) is 26.0. The first kappa shape index (κ1) is 38.4. The van der Waals surface area contributed by atoms with Gasteiger partial charge in [0.15, 0.2) is 0 Å². The zero-order valence-corrected chi connectivity index (χ0v) is 26.0. The van der Waals surface area contributed by atoms with Crippen molar-refractivity contribution in [1.82, 2.24) is 4.90 Å². The van der Waals surface area contributed by atoms with E-state index in [-0.39, 0.29) is 19.3 Å². The molecule has 43 heavy (non-hydrogen) atoms. The molecular weight excluding hydrogens is 566 g/mol. The Labute approximate surface area is 254 Å². The lowest BCUT2D eigenvalue weighted by atomic mass is 10.1. The number of nitrogens with zero attached hydrogens (tertiary/aromatic N) is 1. The number of hydrogen-bond acceptors (Lipinski definition) is 12. The number of likely N-dealkylation sites (N-methyl/N-ethyl adjacent to an activating group) is 1. The minimum absolute atomic E-state index is 0.00590. The van der Waals surface area contributed by atoms with Crippen LogP contribution in [-0.2, 0) is 47.4 Å². The monoisotopic (exact) mass is 615 g/mol. The molecule has 0 aromatic heterocycles. The van der Waals surface area contributed by atoms with Crippen LogP contribution in [0.5, 0.6) is 0 Å². The molecule has 1 amide bonds. The maximum absolute atomic E-state index is 11.9. The van der Waals surface area contributed by atoms with Crippen LogP contribution in [0.4, 0.5) is 4.79 Å². The van der Waals surface area contributed by atoms with E-state index in [2.05, 4.69) is 0 Å². The average Bonchev–Trinajstić information content (AvgIpc) is 2.98. The first-order valence-corrected chi connectivity index (χ1v) is 14.5. The number of ketones is 1. The van der Waals surface area contributed by atoms with Gasteiger partial charge in [-0.3, -0.25) is 4.79 Å². The van der Waals surface area contributed by atoms with Crippen molar-refractivity contribution in [2.45, 2.75) is 26.4 Å². The summed E-state index contributed by atoms with van der Waals surface area (Å²) < 4.78 is 48.1. The van der Waals surface area contributed by atoms with Crippen LogP contribution in [0.1, 0.15) is 31.1 Å². The number of Topliss-reactive ketones (excluding diaryl/α,β-unsaturated/α-hetero) is 1. The van der Waals surface area contributed by atoms with Crippen molar-refractivity contribution in [3.05, 3.63) is 35.9 Å². The molecule has 0 radical (unpaired) electrons. The first-order valence-electron chi connectivity index (χ1n) is 14.5. The van der Waals surface area contributed by atoms with Gasteiger partial charge >= 0.3 is 12.1 Å². The third-order valence-corrected chi connectivity index (χ3v) is 5.19. The summed E-state index contributed by atoms with van der Waals surface area (Å²) in [6.07, 6.45) is -0.374. The van der Waals surface area contributed by atoms with Gasteiger partial charge in [-0.15, -0.1) is 0 Å². The highest BCUT2D eigenvalue weighted by Gasteiger charge is 2.19. The molecule has 246 valence electrons. The van der Waals surface area contributed by atoms with E-state index in [0.29, 0.717) is 98.0 Å². The summed E-state index contributed by atoms with van der Waals surface area (Å²) in [6.45, 7) is 11.7. The van der Waals surface area contributed by atoms with E-state index < -0.39 is 17.4 Å². The Morgan fingerprint density at radius 2 is 0.953 bits per heavy atom. The van der Waals surface area contributed by atoms with E-state index >= 15 is 0 Å². The minimum Gasteiger partial charge on any atom is -0.457 e. The Balaban J connectivity index is 1.74. The average molecular weight is 616 g/mol. The van der Waals surface area contributed by atoms with Gasteiger partial charge in [0.1, 0.15) is 12.2 Å². The number of carbonyl (C=O) groups is 3. The number of benzene rings is 1. The molecular formula is C30H49NO12. The summed E-state index contributed by atoms with van der Waals surface area (Å²) in [5, 5.41) is 0. The largest absolute Gasteiger partial charge is 0.457 e. The predicted molar refractivity (Wildman–Crippen MR) is 156 cm³/mol. The lowest BCUT2D eigenvalue weighted by Gasteiger charge is -2.24. The first-order chi connectivity index (χ1) is 20.7. The molecule has 1 rings (SSSR count). The van der Waals surface area contributed by atoms with Crippen molar-refractivity contribution in [3.63, 3.8) is 0 Å². The van der Waals surface area contributed by atoms with Crippen LogP contribution in [0.3, 0.4) is 0 Å². The predicted octanol–water partition coefficient (Wildman–Crippen LogP) is 2.40. The summed E-state index contributed by atoms with van der Waals surface area (Å²) in [7, 11) is 1.67. The highest BCUT2D eigenvalue weighted by atomic mass is 16.6. The van der Waals surface area contributed by atoms with Crippen LogP contribution in [-0.4, -0.2) is 141 Å². The molecule has 0 spiro atoms. The Morgan fingerprint density at radius 3 is 1.35 bits per heavy atom. The molecule has 1 aromatic rings. The van der Waals surface area contributed by atoms with Gasteiger partial charge in [0.05, 0.1) is 92.5 Å². The third-order valence-electron chi connectivity index (χ3n) is 5.19. The van der Waals surface area contributed by atoms with E-state index in [0.717, 1.165) is 0 Å². The molecule has 0 unspecified atom stereocenters. The second-order valence-corrected chi connectivity index (χ2v) is 10.0. The van der Waals surface area contributed by atoms with Crippen LogP contribution in [0.15, 0.2) is 30.3 Å². The molecule has 0 saturated heterocycles. The molecule has 0 N–H and O–H groups in total. The maximum atomic E-state index is 11.9. The van der Waals surface area contributed by atoms with Gasteiger partial charge in [-0.1, -0.05) is 30.3 Å². The van der Waals surface area contributed by atoms with Gasteiger partial charge in [-0.2, -0.15) is 0 Å². The summed E-state index contributed by atoms with van der Waals surface area (Å²) in [5.41, 5.74) is -0.225. The van der Waals surface area contributed by atoms with Gasteiger partial charge < -0.3 is 47.5 Å². The molecule has 13 nitrogen and oxygen atoms in total. The van der Waals surface area contributed by atoms with Crippen molar-refractivity contribution < 1.29 is 57.0 Å². The third kappa shape index (κ3) is 22.5. The second-order valence-electron chi connectivity index (χ2n) is 10.0. The van der Waals surface area contributed by atoms with Crippen molar-refractivity contribution >= 4 is 17.8 Å². The fourth-order valence-electron chi connectivity index (χ4n) is 3.02. The highest BCUT2D eigenvalue weighted by Crippen LogP contribution is 2.08. The molecule has 0 fully saturated rings. The van der Waals surface area contributed by atoms with E-state index in [1.54, 1.807) is 37.4 Å². The summed E-state index contributed by atoms with van der Waals surface area (Å²) in [6, 6.07) is 8.24. The van der Waals surface area contributed by atoms with Crippen molar-refractivity contribution in [1.29, 1.82) is 0 Å². The molecule has 0 aliphatic heterocycles. The molecule has 13 heteroatoms. The van der Waals surface area contributed by atoms with Gasteiger partial charge in [0, 0.05) is 19.2 Å². The lowest BCUT2D eigenvalue weighted by Crippen LogP contribution is -2.36. The molecule has 0 aliphatic rings. The number of hydrogen-bond donors (Lipinski definition) is 0. The second kappa shape index (κ2) is 24.8. The van der Waals surface area contributed by atoms with E-state index in [4.69, 9.17) is 42.6 Å². The number of carbonyl (C=O) groups excluding carboxylic acids is 3. The maximum Gasteiger partial charge on any atom is 0.410 e. The minimum atomic E-state index is -0.900. The molecule has 0 heterocycles. The Morgan fingerprint density at radius 1 is 0.581 bits per heavy atom. The number of ether oxygens (including phenoxy) is 9. The van der Waals surface area contributed by atoms with E-state index in [1.807, 2.05) is 20.8 Å². The van der Waals surface area contributed by atoms with Crippen molar-refractivity contribution in [2.24, 2.45) is 0 Å². The van der Waals surface area contributed by atoms with Gasteiger partial charge in [-0.05, 0) is 20.8 Å². The van der Waals surface area contributed by atoms with Gasteiger partial charge in [0.25, 0.3) is 5.78 Å². The van der Waals surface area contributed by atoms with Crippen LogP contribution >= 0.6 is 0 Å². The van der Waals surface area contributed by atoms with Crippen molar-refractivity contribution in [2.75, 3.05) is 113 Å². The summed E-state index contributed by atoms with van der Waals surface area (Å²) in [5.74, 6) is -1.58. The normalized spacial score (nSPS) is 11.3. The highest BCUT2D eigenvalue weighted by molar-refractivity contribution is 6.40. The Kier molecular flexibility index (Phi) is 22.1. The van der Waals surface area contributed by atoms with Crippen molar-refractivity contribution in [3.8, 4) is 0 Å². The number of amides is 1. The lowest BCUT2D eigenvalue weighted by molar-refractivity contribution is -0.139. The van der Waals surface area contributed by atoms with Crippen LogP contribution < -0.4 is 0 Å². The summed E-state index contributed by atoms with van der Waals surface area (Å²) in [4.78, 5) is 36.9. The van der Waals surface area contributed by atoms with Crippen LogP contribution in [0.25, 0.3) is 0 Å². The van der Waals surface area contributed by atoms with Gasteiger partial charge in [-0.25, -0.2) is 9.59 Å². The Hall–Kier alpha value is -2.65. The fourth-order valence-corrected chi connectivity index (χ4v) is 3.02. The van der Waals surface area contributed by atoms with E-state index in [9.17, 15) is 14.4 Å². The SMILES string of the molecule is CN(CCOCCOCCOCCOCCOCCOCCOCCOC(=O)C(=O)c1ccccc1)C(=O)OC(C)(C)C. The van der Waals surface area contributed by atoms with Crippen LogP contribution in [0, 0.1) is 0 Å². The van der Waals surface area contributed by atoms with Crippen LogP contribution in [0.2, 0.25) is 0 Å². The molecule has 0 aliphatic carbocycles. The zero-order chi connectivity index (χ0) is 31.6. The number of rotatable bonds is 26. The molecule has 1 aromatic carbocycles. The Bertz CT molecular complexity index is 862.